The summed E-state index contributed by atoms with van der Waals surface area (Å²) in [5.74, 6) is -0.0841. The molecule has 0 radical (unpaired) electrons. The molecular formula is C17H17N5O. The van der Waals surface area contributed by atoms with E-state index in [1.54, 1.807) is 12.1 Å². The van der Waals surface area contributed by atoms with Crippen molar-refractivity contribution >= 4 is 5.78 Å². The number of nitrogens with zero attached hydrogens (tertiary/aromatic N) is 4. The highest BCUT2D eigenvalue weighted by atomic mass is 16.1. The molecule has 0 atom stereocenters. The molecule has 0 spiro atoms. The lowest BCUT2D eigenvalue weighted by molar-refractivity contribution is 0.0964. The number of ketones is 1. The Kier molecular flexibility index (Phi) is 4.42. The van der Waals surface area contributed by atoms with Crippen LogP contribution >= 0.6 is 0 Å². The molecule has 6 heteroatoms. The first-order valence-corrected chi connectivity index (χ1v) is 7.41. The Balaban J connectivity index is 1.67. The predicted octanol–water partition coefficient (Wildman–Crippen LogP) is 1.68. The van der Waals surface area contributed by atoms with E-state index >= 15 is 0 Å². The van der Waals surface area contributed by atoms with Crippen LogP contribution in [0.1, 0.15) is 15.9 Å². The molecule has 1 heterocycles. The molecule has 1 N–H and O–H groups in total. The molecule has 0 aliphatic rings. The van der Waals surface area contributed by atoms with Crippen molar-refractivity contribution in [3.8, 4) is 0 Å². The van der Waals surface area contributed by atoms with Crippen molar-refractivity contribution in [2.45, 2.75) is 19.5 Å². The molecule has 0 saturated heterocycles. The Bertz CT molecular complexity index is 836. The minimum absolute atomic E-state index is 0.0220. The Morgan fingerprint density at radius 3 is 2.22 bits per heavy atom. The van der Waals surface area contributed by atoms with E-state index in [9.17, 15) is 4.79 Å². The number of benzene rings is 2. The van der Waals surface area contributed by atoms with Gasteiger partial charge in [-0.2, -0.15) is 0 Å². The first-order chi connectivity index (χ1) is 11.2. The van der Waals surface area contributed by atoms with Gasteiger partial charge in [0.05, 0.1) is 6.54 Å². The molecule has 6 nitrogen and oxygen atoms in total. The SMILES string of the molecule is N=c1n(CCc2ccccc2)nnn1CC(=O)c1ccccc1. The number of nitrogens with one attached hydrogen (secondary N) is 1. The van der Waals surface area contributed by atoms with Gasteiger partial charge in [-0.05, 0) is 22.4 Å². The molecule has 23 heavy (non-hydrogen) atoms. The number of Topliss-reactive ketones (excluding diaryl/α,β-unsaturated/α-hetero) is 1. The number of aromatic nitrogens is 4. The molecule has 0 fully saturated rings. The number of rotatable bonds is 6. The van der Waals surface area contributed by atoms with Crippen LogP contribution in [0.3, 0.4) is 0 Å². The molecule has 0 unspecified atom stereocenters. The van der Waals surface area contributed by atoms with Crippen molar-refractivity contribution in [2.75, 3.05) is 0 Å². The minimum atomic E-state index is -0.0841. The summed E-state index contributed by atoms with van der Waals surface area (Å²) < 4.78 is 2.82. The molecular weight excluding hydrogens is 290 g/mol. The van der Waals surface area contributed by atoms with E-state index in [2.05, 4.69) is 10.4 Å². The van der Waals surface area contributed by atoms with E-state index in [1.165, 1.54) is 14.9 Å². The van der Waals surface area contributed by atoms with E-state index in [-0.39, 0.29) is 17.9 Å². The number of carbonyl (C=O) groups is 1. The van der Waals surface area contributed by atoms with Crippen LogP contribution in [0.4, 0.5) is 0 Å². The molecule has 1 aromatic heterocycles. The van der Waals surface area contributed by atoms with Gasteiger partial charge in [-0.25, -0.2) is 9.36 Å². The average molecular weight is 307 g/mol. The minimum Gasteiger partial charge on any atom is -0.292 e. The highest BCUT2D eigenvalue weighted by Gasteiger charge is 2.10. The van der Waals surface area contributed by atoms with Gasteiger partial charge in [-0.15, -0.1) is 0 Å². The predicted molar refractivity (Wildman–Crippen MR) is 84.8 cm³/mol. The Hall–Kier alpha value is -3.02. The van der Waals surface area contributed by atoms with Crippen LogP contribution in [0.2, 0.25) is 0 Å². The van der Waals surface area contributed by atoms with E-state index in [4.69, 9.17) is 5.41 Å². The van der Waals surface area contributed by atoms with Crippen molar-refractivity contribution in [1.82, 2.24) is 19.8 Å². The third kappa shape index (κ3) is 3.60. The zero-order valence-corrected chi connectivity index (χ0v) is 12.6. The summed E-state index contributed by atoms with van der Waals surface area (Å²) in [6.45, 7) is 0.580. The molecule has 0 aliphatic carbocycles. The van der Waals surface area contributed by atoms with Gasteiger partial charge in [-0.3, -0.25) is 10.2 Å². The van der Waals surface area contributed by atoms with Gasteiger partial charge in [0.1, 0.15) is 6.54 Å². The van der Waals surface area contributed by atoms with Crippen LogP contribution in [-0.4, -0.2) is 25.6 Å². The van der Waals surface area contributed by atoms with E-state index < -0.39 is 0 Å². The third-order valence-corrected chi connectivity index (χ3v) is 3.59. The third-order valence-electron chi connectivity index (χ3n) is 3.59. The summed E-state index contributed by atoms with van der Waals surface area (Å²) in [5.41, 5.74) is 1.91. The fourth-order valence-corrected chi connectivity index (χ4v) is 2.30. The quantitative estimate of drug-likeness (QED) is 0.704. The lowest BCUT2D eigenvalue weighted by Crippen LogP contribution is -2.28. The lowest BCUT2D eigenvalue weighted by atomic mass is 10.1. The number of aryl methyl sites for hydroxylation is 2. The second-order valence-corrected chi connectivity index (χ2v) is 5.21. The van der Waals surface area contributed by atoms with Crippen molar-refractivity contribution in [3.05, 3.63) is 77.4 Å². The molecule has 116 valence electrons. The number of hydrogen-bond donors (Lipinski definition) is 1. The zero-order valence-electron chi connectivity index (χ0n) is 12.6. The smallest absolute Gasteiger partial charge is 0.238 e. The fraction of sp³-hybridized carbons (Fsp3) is 0.176. The normalized spacial score (nSPS) is 10.6. The maximum absolute atomic E-state index is 12.2. The van der Waals surface area contributed by atoms with Gasteiger partial charge in [0, 0.05) is 5.56 Å². The summed E-state index contributed by atoms with van der Waals surface area (Å²) in [5, 5.41) is 16.0. The Morgan fingerprint density at radius 1 is 0.913 bits per heavy atom. The topological polar surface area (TPSA) is 76.6 Å². The summed E-state index contributed by atoms with van der Waals surface area (Å²) in [6, 6.07) is 19.0. The fourth-order valence-electron chi connectivity index (χ4n) is 2.30. The number of carbonyl (C=O) groups excluding carboxylic acids is 1. The highest BCUT2D eigenvalue weighted by molar-refractivity contribution is 5.95. The van der Waals surface area contributed by atoms with Crippen LogP contribution in [-0.2, 0) is 19.5 Å². The van der Waals surface area contributed by atoms with Gasteiger partial charge in [0.15, 0.2) is 5.78 Å². The highest BCUT2D eigenvalue weighted by Crippen LogP contribution is 2.01. The summed E-state index contributed by atoms with van der Waals surface area (Å²) in [4.78, 5) is 12.2. The van der Waals surface area contributed by atoms with Crippen molar-refractivity contribution in [3.63, 3.8) is 0 Å². The maximum atomic E-state index is 12.2. The Labute approximate surface area is 133 Å². The van der Waals surface area contributed by atoms with Crippen molar-refractivity contribution in [2.24, 2.45) is 0 Å². The van der Waals surface area contributed by atoms with Gasteiger partial charge in [0.25, 0.3) is 0 Å². The largest absolute Gasteiger partial charge is 0.292 e. The molecule has 2 aromatic carbocycles. The molecule has 3 rings (SSSR count). The second-order valence-electron chi connectivity index (χ2n) is 5.21. The first kappa shape index (κ1) is 14.9. The van der Waals surface area contributed by atoms with Gasteiger partial charge in [0.2, 0.25) is 5.62 Å². The average Bonchev–Trinajstić information content (AvgIpc) is 2.95. The zero-order chi connectivity index (χ0) is 16.1. The van der Waals surface area contributed by atoms with Crippen molar-refractivity contribution in [1.29, 1.82) is 5.41 Å². The van der Waals surface area contributed by atoms with Crippen LogP contribution in [0.5, 0.6) is 0 Å². The molecule has 0 aliphatic heterocycles. The van der Waals surface area contributed by atoms with Gasteiger partial charge < -0.3 is 0 Å². The van der Waals surface area contributed by atoms with Crippen LogP contribution in [0.25, 0.3) is 0 Å². The van der Waals surface area contributed by atoms with Crippen LogP contribution in [0.15, 0.2) is 60.7 Å². The van der Waals surface area contributed by atoms with Gasteiger partial charge >= 0.3 is 0 Å². The molecule has 3 aromatic rings. The van der Waals surface area contributed by atoms with Crippen LogP contribution in [0, 0.1) is 5.41 Å². The number of tetrazole rings is 1. The van der Waals surface area contributed by atoms with Crippen LogP contribution < -0.4 is 5.62 Å². The summed E-state index contributed by atoms with van der Waals surface area (Å²) in [6.07, 6.45) is 0.767. The van der Waals surface area contributed by atoms with Crippen molar-refractivity contribution < 1.29 is 4.79 Å². The first-order valence-electron chi connectivity index (χ1n) is 7.41. The summed E-state index contributed by atoms with van der Waals surface area (Å²) in [7, 11) is 0. The van der Waals surface area contributed by atoms with E-state index in [0.717, 1.165) is 6.42 Å². The molecule has 0 amide bonds. The summed E-state index contributed by atoms with van der Waals surface area (Å²) >= 11 is 0. The lowest BCUT2D eigenvalue weighted by Gasteiger charge is -2.01. The molecule has 0 bridgehead atoms. The van der Waals surface area contributed by atoms with Gasteiger partial charge in [-0.1, -0.05) is 60.7 Å². The second kappa shape index (κ2) is 6.83. The monoisotopic (exact) mass is 307 g/mol. The standard InChI is InChI=1S/C17H17N5O/c18-17-21(12-11-14-7-3-1-4-8-14)19-20-22(17)13-16(23)15-9-5-2-6-10-15/h1-10,18H,11-13H2. The maximum Gasteiger partial charge on any atom is 0.238 e. The number of hydrogen-bond acceptors (Lipinski definition) is 4. The van der Waals surface area contributed by atoms with E-state index in [0.29, 0.717) is 12.1 Å². The van der Waals surface area contributed by atoms with E-state index in [1.807, 2.05) is 48.5 Å². The molecule has 0 saturated carbocycles. The Morgan fingerprint density at radius 2 is 1.52 bits per heavy atom.